The van der Waals surface area contributed by atoms with Crippen molar-refractivity contribution in [3.05, 3.63) is 23.8 Å². The molecule has 0 aromatic heterocycles. The molecule has 2 atom stereocenters. The fraction of sp³-hybridized carbons (Fsp3) is 0.500. The van der Waals surface area contributed by atoms with Crippen molar-refractivity contribution in [3.8, 4) is 11.5 Å². The maximum Gasteiger partial charge on any atom is 0.127 e. The highest BCUT2D eigenvalue weighted by Crippen LogP contribution is 2.41. The molecule has 0 fully saturated rings. The second-order valence-corrected chi connectivity index (χ2v) is 3.91. The van der Waals surface area contributed by atoms with Crippen molar-refractivity contribution in [2.45, 2.75) is 25.4 Å². The van der Waals surface area contributed by atoms with Crippen LogP contribution in [0.3, 0.4) is 0 Å². The van der Waals surface area contributed by atoms with E-state index in [-0.39, 0.29) is 6.10 Å². The summed E-state index contributed by atoms with van der Waals surface area (Å²) in [5.41, 5.74) is 6.86. The molecule has 0 bridgehead atoms. The summed E-state index contributed by atoms with van der Waals surface area (Å²) in [6.45, 7) is 2.79. The maximum absolute atomic E-state index is 5.78. The zero-order valence-corrected chi connectivity index (χ0v) is 9.19. The van der Waals surface area contributed by atoms with Gasteiger partial charge in [0, 0.05) is 17.5 Å². The van der Waals surface area contributed by atoms with Gasteiger partial charge in [-0.3, -0.25) is 0 Å². The van der Waals surface area contributed by atoms with Crippen molar-refractivity contribution >= 4 is 0 Å². The molecule has 0 saturated heterocycles. The van der Waals surface area contributed by atoms with Crippen LogP contribution in [0.25, 0.3) is 0 Å². The topological polar surface area (TPSA) is 44.5 Å². The minimum absolute atomic E-state index is 0.218. The van der Waals surface area contributed by atoms with Gasteiger partial charge in [0.2, 0.25) is 0 Å². The smallest absolute Gasteiger partial charge is 0.127 e. The van der Waals surface area contributed by atoms with Crippen LogP contribution in [0.15, 0.2) is 18.2 Å². The number of ether oxygens (including phenoxy) is 2. The molecule has 3 heteroatoms. The molecule has 1 aliphatic heterocycles. The first-order chi connectivity index (χ1) is 7.26. The molecule has 0 amide bonds. The van der Waals surface area contributed by atoms with Crippen LogP contribution < -0.4 is 15.2 Å². The average molecular weight is 207 g/mol. The van der Waals surface area contributed by atoms with Gasteiger partial charge in [-0.25, -0.2) is 0 Å². The molecule has 0 aliphatic carbocycles. The zero-order valence-electron chi connectivity index (χ0n) is 9.19. The van der Waals surface area contributed by atoms with E-state index in [1.807, 2.05) is 12.1 Å². The van der Waals surface area contributed by atoms with Crippen molar-refractivity contribution < 1.29 is 9.47 Å². The fourth-order valence-corrected chi connectivity index (χ4v) is 2.16. The summed E-state index contributed by atoms with van der Waals surface area (Å²) in [5.74, 6) is 2.21. The first-order valence-corrected chi connectivity index (χ1v) is 5.31. The third-order valence-electron chi connectivity index (χ3n) is 2.98. The van der Waals surface area contributed by atoms with E-state index >= 15 is 0 Å². The predicted molar refractivity (Wildman–Crippen MR) is 59.5 cm³/mol. The second-order valence-electron chi connectivity index (χ2n) is 3.91. The second kappa shape index (κ2) is 4.11. The van der Waals surface area contributed by atoms with Crippen LogP contribution in [0, 0.1) is 0 Å². The van der Waals surface area contributed by atoms with E-state index in [0.717, 1.165) is 17.9 Å². The number of hydrogen-bond acceptors (Lipinski definition) is 3. The third kappa shape index (κ3) is 1.79. The summed E-state index contributed by atoms with van der Waals surface area (Å²) < 4.78 is 10.9. The van der Waals surface area contributed by atoms with Crippen LogP contribution in [-0.4, -0.2) is 19.8 Å². The van der Waals surface area contributed by atoms with Gasteiger partial charge in [0.05, 0.1) is 7.11 Å². The van der Waals surface area contributed by atoms with Gasteiger partial charge in [-0.2, -0.15) is 0 Å². The van der Waals surface area contributed by atoms with Crippen LogP contribution in [-0.2, 0) is 0 Å². The van der Waals surface area contributed by atoms with E-state index in [1.165, 1.54) is 5.56 Å². The molecular weight excluding hydrogens is 190 g/mol. The summed E-state index contributed by atoms with van der Waals surface area (Å²) in [5, 5.41) is 0. The quantitative estimate of drug-likeness (QED) is 0.823. The maximum atomic E-state index is 5.78. The molecule has 0 radical (unpaired) electrons. The van der Waals surface area contributed by atoms with E-state index in [9.17, 15) is 0 Å². The minimum Gasteiger partial charge on any atom is -0.497 e. The highest BCUT2D eigenvalue weighted by Gasteiger charge is 2.30. The van der Waals surface area contributed by atoms with Crippen molar-refractivity contribution in [2.24, 2.45) is 5.73 Å². The van der Waals surface area contributed by atoms with Crippen molar-refractivity contribution in [3.63, 3.8) is 0 Å². The van der Waals surface area contributed by atoms with Crippen LogP contribution in [0.2, 0.25) is 0 Å². The van der Waals surface area contributed by atoms with Gasteiger partial charge in [-0.05, 0) is 26.0 Å². The molecule has 2 unspecified atom stereocenters. The van der Waals surface area contributed by atoms with Crippen molar-refractivity contribution in [1.82, 2.24) is 0 Å². The van der Waals surface area contributed by atoms with Crippen molar-refractivity contribution in [1.29, 1.82) is 0 Å². The molecule has 3 nitrogen and oxygen atoms in total. The SMILES string of the molecule is COc1ccc2c(c1)OC(C)C2CCN. The van der Waals surface area contributed by atoms with E-state index in [4.69, 9.17) is 15.2 Å². The molecule has 2 N–H and O–H groups in total. The highest BCUT2D eigenvalue weighted by molar-refractivity contribution is 5.46. The van der Waals surface area contributed by atoms with E-state index in [0.29, 0.717) is 12.5 Å². The van der Waals surface area contributed by atoms with E-state index in [1.54, 1.807) is 7.11 Å². The minimum atomic E-state index is 0.218. The predicted octanol–water partition coefficient (Wildman–Crippen LogP) is 1.91. The first-order valence-electron chi connectivity index (χ1n) is 5.31. The van der Waals surface area contributed by atoms with Crippen molar-refractivity contribution in [2.75, 3.05) is 13.7 Å². The van der Waals surface area contributed by atoms with Gasteiger partial charge in [-0.1, -0.05) is 6.07 Å². The van der Waals surface area contributed by atoms with Gasteiger partial charge in [0.25, 0.3) is 0 Å². The summed E-state index contributed by atoms with van der Waals surface area (Å²) in [6.07, 6.45) is 1.19. The average Bonchev–Trinajstić information content (AvgIpc) is 2.55. The first kappa shape index (κ1) is 10.3. The zero-order chi connectivity index (χ0) is 10.8. The summed E-state index contributed by atoms with van der Waals surface area (Å²) in [6, 6.07) is 6.00. The Balaban J connectivity index is 2.30. The molecule has 82 valence electrons. The Morgan fingerprint density at radius 3 is 2.93 bits per heavy atom. The Hall–Kier alpha value is -1.22. The molecule has 0 spiro atoms. The molecule has 2 rings (SSSR count). The largest absolute Gasteiger partial charge is 0.497 e. The summed E-state index contributed by atoms with van der Waals surface area (Å²) >= 11 is 0. The lowest BCUT2D eigenvalue weighted by atomic mass is 9.93. The monoisotopic (exact) mass is 207 g/mol. The summed E-state index contributed by atoms with van der Waals surface area (Å²) in [4.78, 5) is 0. The third-order valence-corrected chi connectivity index (χ3v) is 2.98. The molecule has 1 heterocycles. The Kier molecular flexibility index (Phi) is 2.82. The number of fused-ring (bicyclic) bond motifs is 1. The highest BCUT2D eigenvalue weighted by atomic mass is 16.5. The Bertz CT molecular complexity index is 351. The summed E-state index contributed by atoms with van der Waals surface area (Å²) in [7, 11) is 1.66. The Labute approximate surface area is 90.2 Å². The van der Waals surface area contributed by atoms with Gasteiger partial charge in [0.1, 0.15) is 17.6 Å². The Morgan fingerprint density at radius 1 is 1.47 bits per heavy atom. The molecule has 1 aliphatic rings. The number of benzene rings is 1. The molecule has 0 saturated carbocycles. The lowest BCUT2D eigenvalue weighted by molar-refractivity contribution is 0.222. The molecule has 1 aromatic rings. The van der Waals surface area contributed by atoms with Gasteiger partial charge >= 0.3 is 0 Å². The van der Waals surface area contributed by atoms with Gasteiger partial charge < -0.3 is 15.2 Å². The van der Waals surface area contributed by atoms with Crippen LogP contribution in [0.4, 0.5) is 0 Å². The van der Waals surface area contributed by atoms with Crippen LogP contribution in [0.1, 0.15) is 24.8 Å². The fourth-order valence-electron chi connectivity index (χ4n) is 2.16. The normalized spacial score (nSPS) is 23.4. The lowest BCUT2D eigenvalue weighted by Crippen LogP contribution is -2.17. The van der Waals surface area contributed by atoms with Crippen LogP contribution >= 0.6 is 0 Å². The van der Waals surface area contributed by atoms with E-state index in [2.05, 4.69) is 13.0 Å². The number of nitrogens with two attached hydrogens (primary N) is 1. The number of methoxy groups -OCH3 is 1. The molecule has 1 aromatic carbocycles. The number of hydrogen-bond donors (Lipinski definition) is 1. The van der Waals surface area contributed by atoms with E-state index < -0.39 is 0 Å². The lowest BCUT2D eigenvalue weighted by Gasteiger charge is -2.12. The Morgan fingerprint density at radius 2 is 2.27 bits per heavy atom. The van der Waals surface area contributed by atoms with Crippen LogP contribution in [0.5, 0.6) is 11.5 Å². The standard InChI is InChI=1S/C12H17NO2/c1-8-10(5-6-13)11-4-3-9(14-2)7-12(11)15-8/h3-4,7-8,10H,5-6,13H2,1-2H3. The molecule has 15 heavy (non-hydrogen) atoms. The van der Waals surface area contributed by atoms with Gasteiger partial charge in [-0.15, -0.1) is 0 Å². The molecular formula is C12H17NO2. The number of rotatable bonds is 3. The van der Waals surface area contributed by atoms with Gasteiger partial charge in [0.15, 0.2) is 0 Å².